The summed E-state index contributed by atoms with van der Waals surface area (Å²) in [5.41, 5.74) is 14.0. The third-order valence-electron chi connectivity index (χ3n) is 9.79. The summed E-state index contributed by atoms with van der Waals surface area (Å²) >= 11 is 1.65. The third-order valence-corrected chi connectivity index (χ3v) is 10.7. The van der Waals surface area contributed by atoms with Gasteiger partial charge in [-0.1, -0.05) is 46.8 Å². The maximum absolute atomic E-state index is 10.8. The molecule has 326 valence electrons. The summed E-state index contributed by atoms with van der Waals surface area (Å²) < 4.78 is 12.0. The van der Waals surface area contributed by atoms with E-state index in [4.69, 9.17) is 39.9 Å². The van der Waals surface area contributed by atoms with Crippen LogP contribution < -0.4 is 20.9 Å². The van der Waals surface area contributed by atoms with Crippen LogP contribution in [0.15, 0.2) is 48.9 Å². The molecule has 2 aromatic heterocycles. The van der Waals surface area contributed by atoms with Crippen LogP contribution in [0.25, 0.3) is 21.6 Å². The molecule has 6 rings (SSSR count). The standard InChI is InChI=1S/C23H28N2O2S.C12H20N2O2.C5H10.C2H4.CH3NO.CH4O.CH2O.H2/c1-13(2)19-12-28-23(25-19)18-11-21(27-16-7-6-14(3)10-16)17-8-9-20(26-5)15(4)22(17)24-18;1-14(9-15)7-5-3-2-4-6-10-8-11(10)12(13)16;1-5(2)3-4-5;1-2;2-1-3;2*1-2;/h8-9,11-14,16H,6-7,10H2,1-5H3;4,6,9-11H,2-3,5,7-8H2,1H3,(H2,13,16);3-4H2,1-2H3;1-2H2;1H,(H2,2,3);2H,1H3;1H2;1H/b;6-4-;;;;;;/t14-,16-;10-,11+;;;;;;/m01....../s1. The first-order valence-electron chi connectivity index (χ1n) is 19.8. The van der Waals surface area contributed by atoms with Crippen molar-refractivity contribution in [1.29, 1.82) is 0 Å². The Morgan fingerprint density at radius 3 is 2.19 bits per heavy atom. The number of methoxy groups -OCH3 is 1. The summed E-state index contributed by atoms with van der Waals surface area (Å²) in [6.07, 6.45) is 16.0. The number of amides is 3. The number of benzene rings is 1. The fraction of sp³-hybridized carbons (Fsp3) is 0.556. The number of hydrogen-bond donors (Lipinski definition) is 3. The summed E-state index contributed by atoms with van der Waals surface area (Å²) in [5.74, 6) is 3.18. The molecule has 3 fully saturated rings. The van der Waals surface area contributed by atoms with E-state index in [1.807, 2.05) is 12.9 Å². The number of ether oxygens (including phenoxy) is 2. The zero-order chi connectivity index (χ0) is 44.4. The average Bonchev–Trinajstić information content (AvgIpc) is 4.03. The van der Waals surface area contributed by atoms with Crippen molar-refractivity contribution >= 4 is 47.8 Å². The lowest BCUT2D eigenvalue weighted by Gasteiger charge is -2.17. The van der Waals surface area contributed by atoms with Gasteiger partial charge >= 0.3 is 0 Å². The lowest BCUT2D eigenvalue weighted by molar-refractivity contribution is -0.119. The van der Waals surface area contributed by atoms with Gasteiger partial charge in [-0.25, -0.2) is 9.97 Å². The van der Waals surface area contributed by atoms with Crippen LogP contribution >= 0.6 is 11.3 Å². The van der Waals surface area contributed by atoms with Crippen molar-refractivity contribution in [3.63, 3.8) is 0 Å². The van der Waals surface area contributed by atoms with Crippen LogP contribution in [0.4, 0.5) is 0 Å². The van der Waals surface area contributed by atoms with Crippen LogP contribution in [0.3, 0.4) is 0 Å². The highest BCUT2D eigenvalue weighted by molar-refractivity contribution is 7.13. The third kappa shape index (κ3) is 19.2. The number of carbonyl (C=O) groups is 4. The van der Waals surface area contributed by atoms with Gasteiger partial charge in [-0.2, -0.15) is 0 Å². The highest BCUT2D eigenvalue weighted by Crippen LogP contribution is 2.43. The number of thiazole rings is 1. The lowest BCUT2D eigenvalue weighted by Crippen LogP contribution is -2.16. The SMILES string of the molecule is C=C.C=O.CC1(C)CC1.CN(C=O)CCCC/C=C\[C@@H]1C[C@@H]1C(N)=O.CO.COc1ccc2c(O[C@H]3CC[C@H](C)C3)cc(-c3nc(C(C)C)cs3)nc2c1C.NC=O.[HH]. The summed E-state index contributed by atoms with van der Waals surface area (Å²) in [5, 5.41) is 11.1. The van der Waals surface area contributed by atoms with Gasteiger partial charge in [-0.15, -0.1) is 24.5 Å². The molecule has 1 aromatic carbocycles. The van der Waals surface area contributed by atoms with Crippen LogP contribution in [0.5, 0.6) is 11.5 Å². The molecule has 4 atom stereocenters. The second kappa shape index (κ2) is 28.7. The number of unbranched alkanes of at least 4 members (excludes halogenated alkanes) is 2. The van der Waals surface area contributed by atoms with Crippen LogP contribution in [0.2, 0.25) is 0 Å². The first-order valence-corrected chi connectivity index (χ1v) is 20.7. The Morgan fingerprint density at radius 1 is 1.10 bits per heavy atom. The van der Waals surface area contributed by atoms with Gasteiger partial charge in [-0.05, 0) is 100 Å². The largest absolute Gasteiger partial charge is 0.496 e. The van der Waals surface area contributed by atoms with Gasteiger partial charge in [0.25, 0.3) is 0 Å². The van der Waals surface area contributed by atoms with Gasteiger partial charge in [0.15, 0.2) is 0 Å². The summed E-state index contributed by atoms with van der Waals surface area (Å²) in [6, 6.07) is 6.14. The number of nitrogens with two attached hydrogens (primary N) is 2. The van der Waals surface area contributed by atoms with E-state index in [9.17, 15) is 9.59 Å². The van der Waals surface area contributed by atoms with Crippen molar-refractivity contribution in [2.75, 3.05) is 27.8 Å². The van der Waals surface area contributed by atoms with Gasteiger partial charge in [0.2, 0.25) is 18.7 Å². The van der Waals surface area contributed by atoms with Gasteiger partial charge < -0.3 is 35.7 Å². The summed E-state index contributed by atoms with van der Waals surface area (Å²) in [7, 11) is 4.48. The van der Waals surface area contributed by atoms with Gasteiger partial charge in [-0.3, -0.25) is 14.4 Å². The molecule has 0 radical (unpaired) electrons. The molecule has 0 aliphatic heterocycles. The number of fused-ring (bicyclic) bond motifs is 1. The van der Waals surface area contributed by atoms with E-state index >= 15 is 0 Å². The second-order valence-electron chi connectivity index (χ2n) is 15.4. The molecule has 0 saturated heterocycles. The fourth-order valence-electron chi connectivity index (χ4n) is 5.87. The minimum Gasteiger partial charge on any atom is -0.496 e. The molecule has 0 bridgehead atoms. The van der Waals surface area contributed by atoms with Crippen LogP contribution in [0.1, 0.15) is 111 Å². The number of aliphatic hydroxyl groups excluding tert-OH is 1. The van der Waals surface area contributed by atoms with Crippen LogP contribution in [-0.2, 0) is 19.2 Å². The molecule has 58 heavy (non-hydrogen) atoms. The summed E-state index contributed by atoms with van der Waals surface area (Å²) in [4.78, 5) is 49.1. The van der Waals surface area contributed by atoms with Crippen molar-refractivity contribution in [3.05, 3.63) is 60.1 Å². The van der Waals surface area contributed by atoms with E-state index in [0.29, 0.717) is 11.8 Å². The van der Waals surface area contributed by atoms with E-state index in [0.717, 1.165) is 114 Å². The molecular weight excluding hydrogens is 755 g/mol. The summed E-state index contributed by atoms with van der Waals surface area (Å²) in [6.45, 7) is 22.1. The number of aliphatic hydroxyl groups is 1. The van der Waals surface area contributed by atoms with Crippen LogP contribution in [-0.4, -0.2) is 79.4 Å². The molecule has 5 N–H and O–H groups in total. The molecule has 3 aromatic rings. The first-order chi connectivity index (χ1) is 27.7. The predicted octanol–water partition coefficient (Wildman–Crippen LogP) is 8.67. The molecular formula is C45H73N5O7S. The van der Waals surface area contributed by atoms with E-state index in [1.54, 1.807) is 30.4 Å². The zero-order valence-electron chi connectivity index (χ0n) is 36.5. The second-order valence-corrected chi connectivity index (χ2v) is 16.3. The minimum absolute atomic E-state index is 0. The van der Waals surface area contributed by atoms with E-state index in [1.165, 1.54) is 19.3 Å². The molecule has 12 nitrogen and oxygen atoms in total. The highest BCUT2D eigenvalue weighted by Gasteiger charge is 2.39. The Morgan fingerprint density at radius 2 is 1.72 bits per heavy atom. The average molecular weight is 828 g/mol. The topological polar surface area (TPSA) is 188 Å². The number of rotatable bonds is 13. The normalized spacial score (nSPS) is 18.9. The smallest absolute Gasteiger partial charge is 0.221 e. The van der Waals surface area contributed by atoms with Gasteiger partial charge in [0.05, 0.1) is 24.4 Å². The Hall–Kier alpha value is -4.62. The molecule has 3 aliphatic rings. The quantitative estimate of drug-likeness (QED) is 0.0861. The number of carbonyl (C=O) groups excluding carboxylic acids is 4. The fourth-order valence-corrected chi connectivity index (χ4v) is 6.81. The molecule has 0 spiro atoms. The maximum Gasteiger partial charge on any atom is 0.221 e. The van der Waals surface area contributed by atoms with Crippen molar-refractivity contribution < 1.29 is 35.2 Å². The van der Waals surface area contributed by atoms with Crippen molar-refractivity contribution in [2.45, 2.75) is 111 Å². The van der Waals surface area contributed by atoms with E-state index in [-0.39, 0.29) is 25.8 Å². The zero-order valence-corrected chi connectivity index (χ0v) is 37.3. The Balaban J connectivity index is 0. The van der Waals surface area contributed by atoms with E-state index in [2.05, 4.69) is 90.1 Å². The molecule has 3 amide bonds. The first kappa shape index (κ1) is 53.4. The highest BCUT2D eigenvalue weighted by atomic mass is 32.1. The van der Waals surface area contributed by atoms with Gasteiger partial charge in [0.1, 0.15) is 29.0 Å². The number of nitrogens with zero attached hydrogens (tertiary/aromatic N) is 3. The van der Waals surface area contributed by atoms with Crippen LogP contribution in [0, 0.1) is 30.1 Å². The Kier molecular flexibility index (Phi) is 26.4. The number of pyridine rings is 1. The van der Waals surface area contributed by atoms with Crippen molar-refractivity contribution in [1.82, 2.24) is 14.9 Å². The number of primary amides is 2. The number of hydrogen-bond acceptors (Lipinski definition) is 10. The maximum atomic E-state index is 10.8. The Labute approximate surface area is 353 Å². The van der Waals surface area contributed by atoms with Crippen molar-refractivity contribution in [2.24, 2.45) is 34.6 Å². The molecule has 3 aliphatic carbocycles. The Bertz CT molecular complexity index is 1680. The number of aromatic nitrogens is 2. The van der Waals surface area contributed by atoms with E-state index < -0.39 is 0 Å². The number of aryl methyl sites for hydroxylation is 1. The molecule has 13 heteroatoms. The molecule has 2 heterocycles. The number of allylic oxidation sites excluding steroid dienone is 2. The van der Waals surface area contributed by atoms with Gasteiger partial charge in [0, 0.05) is 50.4 Å². The minimum atomic E-state index is -0.178. The predicted molar refractivity (Wildman–Crippen MR) is 240 cm³/mol. The lowest BCUT2D eigenvalue weighted by atomic mass is 10.1. The molecule has 3 saturated carbocycles. The molecule has 0 unspecified atom stereocenters. The monoisotopic (exact) mass is 828 g/mol. The van der Waals surface area contributed by atoms with Crippen molar-refractivity contribution in [3.8, 4) is 22.2 Å².